The summed E-state index contributed by atoms with van der Waals surface area (Å²) in [6.45, 7) is 3.95. The Labute approximate surface area is 128 Å². The van der Waals surface area contributed by atoms with Crippen molar-refractivity contribution in [3.8, 4) is 0 Å². The molecule has 1 saturated heterocycles. The van der Waals surface area contributed by atoms with Crippen LogP contribution < -0.4 is 5.32 Å². The first-order valence-corrected chi connectivity index (χ1v) is 8.37. The number of likely N-dealkylation sites (N-methyl/N-ethyl adjacent to an activating group) is 1. The first kappa shape index (κ1) is 16.7. The van der Waals surface area contributed by atoms with Crippen LogP contribution in [0, 0.1) is 11.8 Å². The van der Waals surface area contributed by atoms with Gasteiger partial charge in [0.2, 0.25) is 5.91 Å². The van der Waals surface area contributed by atoms with E-state index >= 15 is 0 Å². The summed E-state index contributed by atoms with van der Waals surface area (Å²) in [5.74, 6) is 1.36. The quantitative estimate of drug-likeness (QED) is 0.751. The van der Waals surface area contributed by atoms with E-state index in [-0.39, 0.29) is 5.91 Å². The SMILES string of the molecule is CN(C)C(=O)CN1CCC(NCC2CCCC2CO)CC1. The summed E-state index contributed by atoms with van der Waals surface area (Å²) in [6, 6.07) is 0.579. The number of aliphatic hydroxyl groups is 1. The minimum Gasteiger partial charge on any atom is -0.396 e. The van der Waals surface area contributed by atoms with Crippen LogP contribution in [0.15, 0.2) is 0 Å². The lowest BCUT2D eigenvalue weighted by atomic mass is 9.96. The van der Waals surface area contributed by atoms with Crippen LogP contribution in [-0.4, -0.2) is 73.7 Å². The monoisotopic (exact) mass is 297 g/mol. The Kier molecular flexibility index (Phi) is 6.45. The first-order valence-electron chi connectivity index (χ1n) is 8.37. The number of carbonyl (C=O) groups excluding carboxylic acids is 1. The van der Waals surface area contributed by atoms with Gasteiger partial charge in [0, 0.05) is 39.8 Å². The molecule has 1 saturated carbocycles. The molecule has 2 rings (SSSR count). The van der Waals surface area contributed by atoms with Crippen molar-refractivity contribution >= 4 is 5.91 Å². The molecule has 2 unspecified atom stereocenters. The van der Waals surface area contributed by atoms with Gasteiger partial charge >= 0.3 is 0 Å². The summed E-state index contributed by atoms with van der Waals surface area (Å²) in [5.41, 5.74) is 0. The van der Waals surface area contributed by atoms with Crippen LogP contribution >= 0.6 is 0 Å². The third-order valence-electron chi connectivity index (χ3n) is 5.16. The number of hydrogen-bond donors (Lipinski definition) is 2. The first-order chi connectivity index (χ1) is 10.1. The van der Waals surface area contributed by atoms with E-state index in [2.05, 4.69) is 10.2 Å². The molecule has 5 nitrogen and oxygen atoms in total. The van der Waals surface area contributed by atoms with E-state index in [0.29, 0.717) is 31.0 Å². The molecule has 0 bridgehead atoms. The molecule has 1 aliphatic heterocycles. The van der Waals surface area contributed by atoms with E-state index in [9.17, 15) is 9.90 Å². The van der Waals surface area contributed by atoms with E-state index < -0.39 is 0 Å². The molecule has 2 aliphatic rings. The zero-order valence-corrected chi connectivity index (χ0v) is 13.6. The number of aliphatic hydroxyl groups excluding tert-OH is 1. The summed E-state index contributed by atoms with van der Waals surface area (Å²) in [7, 11) is 3.63. The highest BCUT2D eigenvalue weighted by molar-refractivity contribution is 5.77. The Morgan fingerprint density at radius 1 is 1.19 bits per heavy atom. The van der Waals surface area contributed by atoms with Crippen LogP contribution in [0.1, 0.15) is 32.1 Å². The summed E-state index contributed by atoms with van der Waals surface area (Å²) >= 11 is 0. The van der Waals surface area contributed by atoms with E-state index in [1.54, 1.807) is 4.90 Å². The molecule has 0 radical (unpaired) electrons. The molecule has 21 heavy (non-hydrogen) atoms. The van der Waals surface area contributed by atoms with E-state index in [0.717, 1.165) is 32.5 Å². The second-order valence-corrected chi connectivity index (χ2v) is 6.88. The fourth-order valence-corrected chi connectivity index (χ4v) is 3.57. The Morgan fingerprint density at radius 3 is 2.48 bits per heavy atom. The standard InChI is InChI=1S/C16H31N3O2/c1-18(2)16(21)11-19-8-6-15(7-9-19)17-10-13-4-3-5-14(13)12-20/h13-15,17,20H,3-12H2,1-2H3. The van der Waals surface area contributed by atoms with Crippen molar-refractivity contribution in [1.29, 1.82) is 0 Å². The van der Waals surface area contributed by atoms with Gasteiger partial charge in [-0.15, -0.1) is 0 Å². The molecule has 2 N–H and O–H groups in total. The molecule has 1 aliphatic carbocycles. The highest BCUT2D eigenvalue weighted by Crippen LogP contribution is 2.30. The molecule has 1 amide bonds. The molecule has 0 aromatic carbocycles. The lowest BCUT2D eigenvalue weighted by Crippen LogP contribution is -2.46. The molecule has 2 atom stereocenters. The molecule has 5 heteroatoms. The number of piperidine rings is 1. The van der Waals surface area contributed by atoms with E-state index in [1.165, 1.54) is 19.3 Å². The lowest BCUT2D eigenvalue weighted by Gasteiger charge is -2.33. The maximum atomic E-state index is 11.7. The molecule has 0 aromatic rings. The molecule has 0 spiro atoms. The number of carbonyl (C=O) groups is 1. The number of amides is 1. The molecule has 1 heterocycles. The Bertz CT molecular complexity index is 327. The largest absolute Gasteiger partial charge is 0.396 e. The zero-order valence-electron chi connectivity index (χ0n) is 13.6. The molecular weight excluding hydrogens is 266 g/mol. The van der Waals surface area contributed by atoms with Crippen molar-refractivity contribution in [2.45, 2.75) is 38.1 Å². The second kappa shape index (κ2) is 8.11. The highest BCUT2D eigenvalue weighted by atomic mass is 16.3. The van der Waals surface area contributed by atoms with E-state index in [1.807, 2.05) is 14.1 Å². The van der Waals surface area contributed by atoms with Crippen molar-refractivity contribution in [1.82, 2.24) is 15.1 Å². The Balaban J connectivity index is 1.64. The van der Waals surface area contributed by atoms with Gasteiger partial charge in [-0.3, -0.25) is 9.69 Å². The van der Waals surface area contributed by atoms with Crippen LogP contribution in [0.2, 0.25) is 0 Å². The van der Waals surface area contributed by atoms with Gasteiger partial charge in [0.15, 0.2) is 0 Å². The van der Waals surface area contributed by atoms with Crippen LogP contribution in [0.4, 0.5) is 0 Å². The highest BCUT2D eigenvalue weighted by Gasteiger charge is 2.28. The normalized spacial score (nSPS) is 28.0. The summed E-state index contributed by atoms with van der Waals surface area (Å²) < 4.78 is 0. The van der Waals surface area contributed by atoms with E-state index in [4.69, 9.17) is 0 Å². The lowest BCUT2D eigenvalue weighted by molar-refractivity contribution is -0.130. The van der Waals surface area contributed by atoms with Crippen molar-refractivity contribution in [3.63, 3.8) is 0 Å². The topological polar surface area (TPSA) is 55.8 Å². The van der Waals surface area contributed by atoms with Crippen molar-refractivity contribution in [2.75, 3.05) is 46.9 Å². The maximum Gasteiger partial charge on any atom is 0.236 e. The van der Waals surface area contributed by atoms with Crippen molar-refractivity contribution < 1.29 is 9.90 Å². The average Bonchev–Trinajstić information content (AvgIpc) is 2.94. The van der Waals surface area contributed by atoms with Crippen molar-refractivity contribution in [2.24, 2.45) is 11.8 Å². The van der Waals surface area contributed by atoms with Gasteiger partial charge in [0.1, 0.15) is 0 Å². The minimum atomic E-state index is 0.193. The molecular formula is C16H31N3O2. The smallest absolute Gasteiger partial charge is 0.236 e. The van der Waals surface area contributed by atoms with Gasteiger partial charge < -0.3 is 15.3 Å². The van der Waals surface area contributed by atoms with Gasteiger partial charge in [-0.1, -0.05) is 6.42 Å². The van der Waals surface area contributed by atoms with Gasteiger partial charge in [0.25, 0.3) is 0 Å². The fourth-order valence-electron chi connectivity index (χ4n) is 3.57. The molecule has 2 fully saturated rings. The van der Waals surface area contributed by atoms with Crippen LogP contribution in [-0.2, 0) is 4.79 Å². The zero-order chi connectivity index (χ0) is 15.2. The average molecular weight is 297 g/mol. The Morgan fingerprint density at radius 2 is 1.86 bits per heavy atom. The summed E-state index contributed by atoms with van der Waals surface area (Å²) in [6.07, 6.45) is 5.96. The van der Waals surface area contributed by atoms with Crippen LogP contribution in [0.3, 0.4) is 0 Å². The van der Waals surface area contributed by atoms with Gasteiger partial charge in [-0.25, -0.2) is 0 Å². The van der Waals surface area contributed by atoms with Gasteiger partial charge in [0.05, 0.1) is 6.54 Å². The van der Waals surface area contributed by atoms with Gasteiger partial charge in [-0.2, -0.15) is 0 Å². The number of nitrogens with one attached hydrogen (secondary N) is 1. The molecule has 122 valence electrons. The number of nitrogens with zero attached hydrogens (tertiary/aromatic N) is 2. The predicted octanol–water partition coefficient (Wildman–Crippen LogP) is 0.537. The summed E-state index contributed by atoms with van der Waals surface area (Å²) in [4.78, 5) is 15.6. The van der Waals surface area contributed by atoms with Crippen LogP contribution in [0.5, 0.6) is 0 Å². The number of likely N-dealkylation sites (tertiary alicyclic amines) is 1. The predicted molar refractivity (Wildman–Crippen MR) is 84.1 cm³/mol. The van der Waals surface area contributed by atoms with Gasteiger partial charge in [-0.05, 0) is 44.1 Å². The minimum absolute atomic E-state index is 0.193. The second-order valence-electron chi connectivity index (χ2n) is 6.88. The third kappa shape index (κ3) is 4.94. The number of rotatable bonds is 6. The Hall–Kier alpha value is -0.650. The summed E-state index contributed by atoms with van der Waals surface area (Å²) in [5, 5.41) is 13.1. The number of hydrogen-bond acceptors (Lipinski definition) is 4. The fraction of sp³-hybridized carbons (Fsp3) is 0.938. The maximum absolute atomic E-state index is 11.7. The third-order valence-corrected chi connectivity index (χ3v) is 5.16. The molecule has 0 aromatic heterocycles. The van der Waals surface area contributed by atoms with Crippen molar-refractivity contribution in [3.05, 3.63) is 0 Å². The van der Waals surface area contributed by atoms with Crippen LogP contribution in [0.25, 0.3) is 0 Å².